The molecule has 0 radical (unpaired) electrons. The Morgan fingerprint density at radius 3 is 2.38 bits per heavy atom. The lowest BCUT2D eigenvalue weighted by Gasteiger charge is -2.36. The Balaban J connectivity index is 1.16. The van der Waals surface area contributed by atoms with E-state index in [-0.39, 0.29) is 11.7 Å². The predicted octanol–water partition coefficient (Wildman–Crippen LogP) is 5.71. The summed E-state index contributed by atoms with van der Waals surface area (Å²) in [6, 6.07) is 13.1. The van der Waals surface area contributed by atoms with Crippen LogP contribution in [-0.2, 0) is 6.67 Å². The monoisotopic (exact) mass is 487 g/mol. The van der Waals surface area contributed by atoms with Gasteiger partial charge in [0.15, 0.2) is 0 Å². The number of nitroso groups, excluding NO2 is 1. The first-order valence-corrected chi connectivity index (χ1v) is 12.3. The summed E-state index contributed by atoms with van der Waals surface area (Å²) in [5.41, 5.74) is 2.41. The zero-order valence-corrected chi connectivity index (χ0v) is 19.9. The number of rotatable bonds is 7. The number of halogens is 2. The minimum Gasteiger partial charge on any atom is -0.382 e. The number of amides is 2. The number of anilines is 2. The van der Waals surface area contributed by atoms with Crippen molar-refractivity contribution in [3.05, 3.63) is 58.0 Å². The number of piperazine rings is 1. The second kappa shape index (κ2) is 11.5. The molecule has 2 N–H and O–H groups in total. The summed E-state index contributed by atoms with van der Waals surface area (Å²) < 4.78 is 13.1. The maximum atomic E-state index is 13.1. The second-order valence-corrected chi connectivity index (χ2v) is 9.50. The van der Waals surface area contributed by atoms with Crippen LogP contribution in [-0.4, -0.2) is 49.7 Å². The van der Waals surface area contributed by atoms with Gasteiger partial charge < -0.3 is 20.4 Å². The maximum Gasteiger partial charge on any atom is 0.317 e. The number of alkyl halides is 1. The molecule has 1 aliphatic carbocycles. The van der Waals surface area contributed by atoms with Gasteiger partial charge in [0, 0.05) is 60.7 Å². The minimum absolute atomic E-state index is 0.0126. The zero-order chi connectivity index (χ0) is 23.9. The number of benzene rings is 2. The molecule has 2 aromatic rings. The summed E-state index contributed by atoms with van der Waals surface area (Å²) in [6.45, 7) is 2.99. The summed E-state index contributed by atoms with van der Waals surface area (Å²) in [5.74, 6) is 0.459. The highest BCUT2D eigenvalue weighted by atomic mass is 35.5. The lowest BCUT2D eigenvalue weighted by molar-refractivity contribution is 0.190. The topological polar surface area (TPSA) is 77.0 Å². The largest absolute Gasteiger partial charge is 0.382 e. The number of nitrogens with zero attached hydrogens (tertiary/aromatic N) is 3. The minimum atomic E-state index is -0.709. The van der Waals surface area contributed by atoms with E-state index in [1.807, 2.05) is 29.2 Å². The van der Waals surface area contributed by atoms with Crippen LogP contribution in [0.25, 0.3) is 0 Å². The molecule has 2 aromatic carbocycles. The number of carbonyl (C=O) groups is 1. The van der Waals surface area contributed by atoms with Crippen molar-refractivity contribution in [3.63, 3.8) is 0 Å². The van der Waals surface area contributed by atoms with Crippen LogP contribution in [0.1, 0.15) is 31.2 Å². The Morgan fingerprint density at radius 1 is 1.03 bits per heavy atom. The van der Waals surface area contributed by atoms with E-state index in [0.29, 0.717) is 37.2 Å². The summed E-state index contributed by atoms with van der Waals surface area (Å²) in [6.07, 6.45) is 4.01. The smallest absolute Gasteiger partial charge is 0.317 e. The number of urea groups is 1. The molecule has 4 rings (SSSR count). The fraction of sp³-hybridized carbons (Fsp3) is 0.480. The van der Waals surface area contributed by atoms with E-state index in [1.54, 1.807) is 18.2 Å². The summed E-state index contributed by atoms with van der Waals surface area (Å²) in [7, 11) is 0. The van der Waals surface area contributed by atoms with Gasteiger partial charge in [0.05, 0.1) is 0 Å². The van der Waals surface area contributed by atoms with Gasteiger partial charge in [-0.1, -0.05) is 11.6 Å². The van der Waals surface area contributed by atoms with Gasteiger partial charge in [-0.3, -0.25) is 0 Å². The van der Waals surface area contributed by atoms with Crippen LogP contribution in [0.2, 0.25) is 5.02 Å². The van der Waals surface area contributed by atoms with E-state index < -0.39 is 6.67 Å². The second-order valence-electron chi connectivity index (χ2n) is 9.07. The van der Waals surface area contributed by atoms with E-state index >= 15 is 0 Å². The van der Waals surface area contributed by atoms with Crippen molar-refractivity contribution in [2.75, 3.05) is 42.9 Å². The Hall–Kier alpha value is -2.87. The molecule has 0 spiro atoms. The van der Waals surface area contributed by atoms with E-state index in [9.17, 15) is 14.1 Å². The predicted molar refractivity (Wildman–Crippen MR) is 135 cm³/mol. The molecule has 0 bridgehead atoms. The van der Waals surface area contributed by atoms with E-state index in [1.165, 1.54) is 0 Å². The highest BCUT2D eigenvalue weighted by Gasteiger charge is 2.24. The fourth-order valence-electron chi connectivity index (χ4n) is 4.78. The average molecular weight is 488 g/mol. The van der Waals surface area contributed by atoms with E-state index in [0.717, 1.165) is 55.2 Å². The van der Waals surface area contributed by atoms with Crippen molar-refractivity contribution in [3.8, 4) is 0 Å². The SMILES string of the molecule is O=Nc1ccc(NC2CCC(CNC(=O)N3CCN(c4ccc(Cl)cc4)CC3)CC2)cc1CF. The third-order valence-corrected chi connectivity index (χ3v) is 7.09. The molecule has 182 valence electrons. The van der Waals surface area contributed by atoms with E-state index in [2.05, 4.69) is 20.7 Å². The third kappa shape index (κ3) is 6.17. The van der Waals surface area contributed by atoms with Crippen LogP contribution < -0.4 is 15.5 Å². The van der Waals surface area contributed by atoms with Gasteiger partial charge in [-0.05, 0) is 79.2 Å². The van der Waals surface area contributed by atoms with Crippen LogP contribution in [0.15, 0.2) is 47.6 Å². The van der Waals surface area contributed by atoms with Crippen molar-refractivity contribution < 1.29 is 9.18 Å². The highest BCUT2D eigenvalue weighted by molar-refractivity contribution is 6.30. The van der Waals surface area contributed by atoms with Gasteiger partial charge in [-0.25, -0.2) is 9.18 Å². The van der Waals surface area contributed by atoms with Crippen molar-refractivity contribution in [1.29, 1.82) is 0 Å². The van der Waals surface area contributed by atoms with Gasteiger partial charge in [-0.2, -0.15) is 0 Å². The Morgan fingerprint density at radius 2 is 1.74 bits per heavy atom. The molecule has 1 saturated carbocycles. The summed E-state index contributed by atoms with van der Waals surface area (Å²) >= 11 is 5.97. The first-order chi connectivity index (χ1) is 16.6. The molecule has 7 nitrogen and oxygen atoms in total. The summed E-state index contributed by atoms with van der Waals surface area (Å²) in [5, 5.41) is 10.2. The molecule has 9 heteroatoms. The number of hydrogen-bond donors (Lipinski definition) is 2. The van der Waals surface area contributed by atoms with Crippen LogP contribution in [0.5, 0.6) is 0 Å². The van der Waals surface area contributed by atoms with Gasteiger partial charge in [0.2, 0.25) is 0 Å². The van der Waals surface area contributed by atoms with Crippen LogP contribution >= 0.6 is 11.6 Å². The Bertz CT molecular complexity index is 974. The van der Waals surface area contributed by atoms with Crippen molar-refractivity contribution >= 4 is 34.7 Å². The number of hydrogen-bond acceptors (Lipinski definition) is 5. The van der Waals surface area contributed by atoms with Gasteiger partial charge in [0.25, 0.3) is 0 Å². The molecule has 2 amide bonds. The van der Waals surface area contributed by atoms with E-state index in [4.69, 9.17) is 11.6 Å². The molecule has 0 aromatic heterocycles. The number of nitrogens with one attached hydrogen (secondary N) is 2. The van der Waals surface area contributed by atoms with Gasteiger partial charge in [0.1, 0.15) is 12.4 Å². The van der Waals surface area contributed by atoms with Gasteiger partial charge >= 0.3 is 6.03 Å². The first-order valence-electron chi connectivity index (χ1n) is 11.9. The first kappa shape index (κ1) is 24.3. The van der Waals surface area contributed by atoms with Crippen LogP contribution in [0.3, 0.4) is 0 Å². The molecule has 1 aliphatic heterocycles. The third-order valence-electron chi connectivity index (χ3n) is 6.84. The molecule has 1 heterocycles. The zero-order valence-electron chi connectivity index (χ0n) is 19.2. The quantitative estimate of drug-likeness (QED) is 0.490. The fourth-order valence-corrected chi connectivity index (χ4v) is 4.91. The molecule has 2 fully saturated rings. The van der Waals surface area contributed by atoms with Crippen LogP contribution in [0.4, 0.5) is 26.2 Å². The lowest BCUT2D eigenvalue weighted by Crippen LogP contribution is -2.52. The molecule has 0 unspecified atom stereocenters. The maximum absolute atomic E-state index is 13.1. The summed E-state index contributed by atoms with van der Waals surface area (Å²) in [4.78, 5) is 27.6. The standard InChI is InChI=1S/C25H31ClFN5O2/c26-20-3-8-23(9-4-20)31-11-13-32(14-12-31)25(33)28-17-18-1-5-21(6-2-18)29-22-7-10-24(30-34)19(15-22)16-27/h3-4,7-10,15,18,21,29H,1-2,5-6,11-14,16-17H2,(H,28,33). The molecule has 34 heavy (non-hydrogen) atoms. The molecular formula is C25H31ClFN5O2. The normalized spacial score (nSPS) is 20.6. The molecule has 2 aliphatic rings. The molecule has 0 atom stereocenters. The number of carbonyl (C=O) groups excluding carboxylic acids is 1. The van der Waals surface area contributed by atoms with Crippen molar-refractivity contribution in [2.45, 2.75) is 38.4 Å². The highest BCUT2D eigenvalue weighted by Crippen LogP contribution is 2.29. The molecule has 1 saturated heterocycles. The molecular weight excluding hydrogens is 457 g/mol. The van der Waals surface area contributed by atoms with Gasteiger partial charge in [-0.15, -0.1) is 4.91 Å². The van der Waals surface area contributed by atoms with Crippen molar-refractivity contribution in [2.24, 2.45) is 11.1 Å². The lowest BCUT2D eigenvalue weighted by atomic mass is 9.86. The Kier molecular flexibility index (Phi) is 8.21. The van der Waals surface area contributed by atoms with Crippen molar-refractivity contribution in [1.82, 2.24) is 10.2 Å². The average Bonchev–Trinajstić information content (AvgIpc) is 2.88. The van der Waals surface area contributed by atoms with Crippen LogP contribution in [0, 0.1) is 10.8 Å². The Labute approximate surface area is 204 Å².